The third kappa shape index (κ3) is 1.61. The maximum absolute atomic E-state index is 6.41. The zero-order valence-corrected chi connectivity index (χ0v) is 10.9. The van der Waals surface area contributed by atoms with Crippen LogP contribution in [0.15, 0.2) is 48.8 Å². The Bertz CT molecular complexity index is 570. The van der Waals surface area contributed by atoms with Crippen molar-refractivity contribution in [2.24, 2.45) is 0 Å². The molecule has 0 radical (unpaired) electrons. The molecule has 3 heteroatoms. The van der Waals surface area contributed by atoms with Crippen LogP contribution in [0.3, 0.4) is 0 Å². The predicted molar refractivity (Wildman–Crippen MR) is 74.5 cm³/mol. The highest BCUT2D eigenvalue weighted by molar-refractivity contribution is 5.43. The molecule has 3 nitrogen and oxygen atoms in total. The summed E-state index contributed by atoms with van der Waals surface area (Å²) in [4.78, 5) is 0. The first-order chi connectivity index (χ1) is 9.39. The zero-order chi connectivity index (χ0) is 12.7. The van der Waals surface area contributed by atoms with E-state index >= 15 is 0 Å². The fraction of sp³-hybridized carbons (Fsp3) is 0.375. The van der Waals surface area contributed by atoms with E-state index in [1.54, 1.807) is 0 Å². The Morgan fingerprint density at radius 3 is 2.58 bits per heavy atom. The van der Waals surface area contributed by atoms with Gasteiger partial charge in [0.15, 0.2) is 0 Å². The SMILES string of the molecule is c1ccc2c(c1)OC1(CCNCC1)C2n1cccc1. The van der Waals surface area contributed by atoms with Crippen molar-refractivity contribution < 1.29 is 4.74 Å². The molecule has 19 heavy (non-hydrogen) atoms. The van der Waals surface area contributed by atoms with Crippen molar-refractivity contribution >= 4 is 0 Å². The Morgan fingerprint density at radius 2 is 1.79 bits per heavy atom. The molecule has 98 valence electrons. The lowest BCUT2D eigenvalue weighted by Crippen LogP contribution is -2.49. The molecule has 1 N–H and O–H groups in total. The Hall–Kier alpha value is -1.74. The molecule has 1 aromatic carbocycles. The largest absolute Gasteiger partial charge is 0.484 e. The van der Waals surface area contributed by atoms with Crippen LogP contribution >= 0.6 is 0 Å². The van der Waals surface area contributed by atoms with Crippen molar-refractivity contribution in [3.63, 3.8) is 0 Å². The molecule has 1 fully saturated rings. The standard InChI is InChI=1S/C16H18N2O/c1-2-6-14-13(5-1)15(18-11-3-4-12-18)16(19-14)7-9-17-10-8-16/h1-6,11-12,15,17H,7-10H2. The lowest BCUT2D eigenvalue weighted by Gasteiger charge is -2.38. The van der Waals surface area contributed by atoms with Crippen LogP contribution in [-0.2, 0) is 0 Å². The molecule has 1 atom stereocenters. The molecule has 0 amide bonds. The fourth-order valence-electron chi connectivity index (χ4n) is 3.54. The highest BCUT2D eigenvalue weighted by atomic mass is 16.5. The zero-order valence-electron chi connectivity index (χ0n) is 10.9. The van der Waals surface area contributed by atoms with E-state index < -0.39 is 0 Å². The van der Waals surface area contributed by atoms with Gasteiger partial charge in [-0.2, -0.15) is 0 Å². The minimum absolute atomic E-state index is 0.0754. The normalized spacial score (nSPS) is 24.1. The summed E-state index contributed by atoms with van der Waals surface area (Å²) < 4.78 is 8.71. The van der Waals surface area contributed by atoms with Crippen LogP contribution < -0.4 is 10.1 Å². The summed E-state index contributed by atoms with van der Waals surface area (Å²) in [5.74, 6) is 1.06. The third-order valence-corrected chi connectivity index (χ3v) is 4.40. The molecule has 1 saturated heterocycles. The van der Waals surface area contributed by atoms with Gasteiger partial charge < -0.3 is 14.6 Å². The number of piperidine rings is 1. The number of hydrogen-bond acceptors (Lipinski definition) is 2. The molecule has 1 spiro atoms. The lowest BCUT2D eigenvalue weighted by atomic mass is 9.83. The van der Waals surface area contributed by atoms with Crippen LogP contribution in [0.1, 0.15) is 24.4 Å². The van der Waals surface area contributed by atoms with Gasteiger partial charge in [0, 0.05) is 30.8 Å². The first kappa shape index (κ1) is 11.1. The van der Waals surface area contributed by atoms with E-state index in [0.717, 1.165) is 31.7 Å². The predicted octanol–water partition coefficient (Wildman–Crippen LogP) is 2.59. The molecule has 0 saturated carbocycles. The molecule has 1 aromatic heterocycles. The van der Waals surface area contributed by atoms with E-state index in [1.165, 1.54) is 5.56 Å². The molecule has 0 bridgehead atoms. The number of aromatic nitrogens is 1. The van der Waals surface area contributed by atoms with Crippen molar-refractivity contribution in [2.45, 2.75) is 24.5 Å². The smallest absolute Gasteiger partial charge is 0.136 e. The first-order valence-electron chi connectivity index (χ1n) is 7.00. The maximum Gasteiger partial charge on any atom is 0.136 e. The van der Waals surface area contributed by atoms with Gasteiger partial charge in [0.1, 0.15) is 17.4 Å². The lowest BCUT2D eigenvalue weighted by molar-refractivity contribution is 0.0270. The van der Waals surface area contributed by atoms with E-state index in [2.05, 4.69) is 58.7 Å². The van der Waals surface area contributed by atoms with Crippen LogP contribution in [0.2, 0.25) is 0 Å². The Kier molecular flexibility index (Phi) is 2.42. The highest BCUT2D eigenvalue weighted by Crippen LogP contribution is 2.49. The van der Waals surface area contributed by atoms with Gasteiger partial charge in [-0.15, -0.1) is 0 Å². The molecular weight excluding hydrogens is 236 g/mol. The van der Waals surface area contributed by atoms with Crippen LogP contribution in [0.25, 0.3) is 0 Å². The van der Waals surface area contributed by atoms with E-state index in [-0.39, 0.29) is 5.60 Å². The van der Waals surface area contributed by atoms with E-state index in [9.17, 15) is 0 Å². The second-order valence-electron chi connectivity index (χ2n) is 5.49. The summed E-state index contributed by atoms with van der Waals surface area (Å²) in [5.41, 5.74) is 1.24. The van der Waals surface area contributed by atoms with Gasteiger partial charge >= 0.3 is 0 Å². The summed E-state index contributed by atoms with van der Waals surface area (Å²) in [6, 6.07) is 13.0. The van der Waals surface area contributed by atoms with E-state index in [4.69, 9.17) is 4.74 Å². The third-order valence-electron chi connectivity index (χ3n) is 4.40. The second-order valence-corrected chi connectivity index (χ2v) is 5.49. The van der Waals surface area contributed by atoms with Gasteiger partial charge in [0.25, 0.3) is 0 Å². The van der Waals surface area contributed by atoms with Crippen molar-refractivity contribution in [1.29, 1.82) is 0 Å². The fourth-order valence-corrected chi connectivity index (χ4v) is 3.54. The van der Waals surface area contributed by atoms with Crippen molar-refractivity contribution in [2.75, 3.05) is 13.1 Å². The molecule has 0 aliphatic carbocycles. The summed E-state index contributed by atoms with van der Waals surface area (Å²) in [7, 11) is 0. The number of benzene rings is 1. The maximum atomic E-state index is 6.41. The summed E-state index contributed by atoms with van der Waals surface area (Å²) >= 11 is 0. The van der Waals surface area contributed by atoms with Gasteiger partial charge in [-0.05, 0) is 31.3 Å². The van der Waals surface area contributed by atoms with Crippen LogP contribution in [0, 0.1) is 0 Å². The van der Waals surface area contributed by atoms with Crippen molar-refractivity contribution in [3.8, 4) is 5.75 Å². The molecule has 1 unspecified atom stereocenters. The van der Waals surface area contributed by atoms with Gasteiger partial charge in [0.05, 0.1) is 0 Å². The molecule has 2 aromatic rings. The molecule has 2 aliphatic heterocycles. The summed E-state index contributed by atoms with van der Waals surface area (Å²) in [5, 5.41) is 3.44. The highest BCUT2D eigenvalue weighted by Gasteiger charge is 2.49. The number of nitrogens with zero attached hydrogens (tertiary/aromatic N) is 1. The minimum atomic E-state index is -0.0754. The number of hydrogen-bond donors (Lipinski definition) is 1. The molecule has 4 rings (SSSR count). The molecular formula is C16H18N2O. The van der Waals surface area contributed by atoms with Crippen LogP contribution in [0.4, 0.5) is 0 Å². The number of ether oxygens (including phenoxy) is 1. The van der Waals surface area contributed by atoms with Gasteiger partial charge in [-0.3, -0.25) is 0 Å². The first-order valence-corrected chi connectivity index (χ1v) is 7.00. The molecule has 2 aliphatic rings. The number of fused-ring (bicyclic) bond motifs is 1. The summed E-state index contributed by atoms with van der Waals surface area (Å²) in [6.07, 6.45) is 6.43. The van der Waals surface area contributed by atoms with E-state index in [1.807, 2.05) is 0 Å². The minimum Gasteiger partial charge on any atom is -0.484 e. The number of nitrogens with one attached hydrogen (secondary N) is 1. The number of para-hydroxylation sites is 1. The van der Waals surface area contributed by atoms with Crippen LogP contribution in [-0.4, -0.2) is 23.3 Å². The number of rotatable bonds is 1. The van der Waals surface area contributed by atoms with Crippen molar-refractivity contribution in [3.05, 3.63) is 54.4 Å². The average molecular weight is 254 g/mol. The monoisotopic (exact) mass is 254 g/mol. The topological polar surface area (TPSA) is 26.2 Å². The Morgan fingerprint density at radius 1 is 1.05 bits per heavy atom. The van der Waals surface area contributed by atoms with Gasteiger partial charge in [0.2, 0.25) is 0 Å². The van der Waals surface area contributed by atoms with Crippen LogP contribution in [0.5, 0.6) is 5.75 Å². The Labute approximate surface area is 113 Å². The van der Waals surface area contributed by atoms with Crippen molar-refractivity contribution in [1.82, 2.24) is 9.88 Å². The quantitative estimate of drug-likeness (QED) is 0.846. The molecule has 3 heterocycles. The average Bonchev–Trinajstić information content (AvgIpc) is 3.04. The van der Waals surface area contributed by atoms with E-state index in [0.29, 0.717) is 6.04 Å². The second kappa shape index (κ2) is 4.14. The van der Waals surface area contributed by atoms with Gasteiger partial charge in [-0.25, -0.2) is 0 Å². The Balaban J connectivity index is 1.85. The summed E-state index contributed by atoms with van der Waals surface area (Å²) in [6.45, 7) is 2.07. The van der Waals surface area contributed by atoms with Gasteiger partial charge in [-0.1, -0.05) is 18.2 Å².